The summed E-state index contributed by atoms with van der Waals surface area (Å²) in [6.07, 6.45) is 1.28. The predicted molar refractivity (Wildman–Crippen MR) is 74.7 cm³/mol. The first-order valence-electron chi connectivity index (χ1n) is 6.80. The van der Waals surface area contributed by atoms with Crippen LogP contribution >= 0.6 is 0 Å². The van der Waals surface area contributed by atoms with Crippen molar-refractivity contribution in [1.82, 2.24) is 4.90 Å². The van der Waals surface area contributed by atoms with Crippen molar-refractivity contribution in [3.8, 4) is 0 Å². The highest BCUT2D eigenvalue weighted by atomic mass is 16.5. The Bertz CT molecular complexity index is 467. The van der Waals surface area contributed by atoms with Gasteiger partial charge in [-0.1, -0.05) is 30.3 Å². The first-order valence-corrected chi connectivity index (χ1v) is 6.80. The van der Waals surface area contributed by atoms with E-state index < -0.39 is 6.04 Å². The number of rotatable bonds is 3. The monoisotopic (exact) mass is 276 g/mol. The average Bonchev–Trinajstić information content (AvgIpc) is 2.53. The van der Waals surface area contributed by atoms with Crippen LogP contribution in [0.4, 0.5) is 0 Å². The topological polar surface area (TPSA) is 72.6 Å². The molecule has 2 rings (SSSR count). The summed E-state index contributed by atoms with van der Waals surface area (Å²) in [5.41, 5.74) is 6.82. The first-order chi connectivity index (χ1) is 9.63. The van der Waals surface area contributed by atoms with E-state index in [0.29, 0.717) is 25.9 Å². The molecule has 1 saturated heterocycles. The van der Waals surface area contributed by atoms with Crippen molar-refractivity contribution in [2.45, 2.75) is 18.9 Å². The number of benzene rings is 1. The summed E-state index contributed by atoms with van der Waals surface area (Å²) in [7, 11) is 1.39. The van der Waals surface area contributed by atoms with Crippen LogP contribution in [-0.4, -0.2) is 37.0 Å². The summed E-state index contributed by atoms with van der Waals surface area (Å²) in [6.45, 7) is 1.11. The molecule has 5 heteroatoms. The number of esters is 1. The SMILES string of the molecule is COC(=O)C1CCN(C(=O)[C@H](N)c2ccccc2)CC1. The number of hydrogen-bond donors (Lipinski definition) is 1. The molecule has 20 heavy (non-hydrogen) atoms. The Hall–Kier alpha value is -1.88. The molecule has 1 aromatic rings. The van der Waals surface area contributed by atoms with Crippen molar-refractivity contribution in [2.24, 2.45) is 11.7 Å². The van der Waals surface area contributed by atoms with Crippen molar-refractivity contribution < 1.29 is 14.3 Å². The second kappa shape index (κ2) is 6.52. The number of nitrogens with two attached hydrogens (primary N) is 1. The van der Waals surface area contributed by atoms with Gasteiger partial charge in [-0.2, -0.15) is 0 Å². The second-order valence-electron chi connectivity index (χ2n) is 5.01. The van der Waals surface area contributed by atoms with Crippen LogP contribution in [0.5, 0.6) is 0 Å². The summed E-state index contributed by atoms with van der Waals surface area (Å²) in [4.78, 5) is 25.5. The van der Waals surface area contributed by atoms with E-state index in [0.717, 1.165) is 5.56 Å². The minimum Gasteiger partial charge on any atom is -0.469 e. The maximum atomic E-state index is 12.3. The molecule has 108 valence electrons. The molecule has 0 saturated carbocycles. The Labute approximate surface area is 118 Å². The van der Waals surface area contributed by atoms with Gasteiger partial charge in [0.05, 0.1) is 13.0 Å². The quantitative estimate of drug-likeness (QED) is 0.839. The third kappa shape index (κ3) is 3.17. The summed E-state index contributed by atoms with van der Waals surface area (Å²) in [6, 6.07) is 8.69. The molecule has 1 fully saturated rings. The van der Waals surface area contributed by atoms with Gasteiger partial charge in [0, 0.05) is 13.1 Å². The van der Waals surface area contributed by atoms with Gasteiger partial charge in [0.15, 0.2) is 0 Å². The highest BCUT2D eigenvalue weighted by Crippen LogP contribution is 2.21. The molecule has 1 aromatic carbocycles. The molecule has 0 bridgehead atoms. The molecular weight excluding hydrogens is 256 g/mol. The molecule has 0 unspecified atom stereocenters. The van der Waals surface area contributed by atoms with E-state index in [4.69, 9.17) is 10.5 Å². The van der Waals surface area contributed by atoms with Gasteiger partial charge in [-0.05, 0) is 18.4 Å². The van der Waals surface area contributed by atoms with Crippen molar-refractivity contribution in [3.63, 3.8) is 0 Å². The molecule has 0 aliphatic carbocycles. The van der Waals surface area contributed by atoms with Gasteiger partial charge in [0.25, 0.3) is 0 Å². The number of carbonyl (C=O) groups excluding carboxylic acids is 2. The fraction of sp³-hybridized carbons (Fsp3) is 0.467. The number of methoxy groups -OCH3 is 1. The molecule has 1 atom stereocenters. The Balaban J connectivity index is 1.93. The van der Waals surface area contributed by atoms with Gasteiger partial charge in [0.2, 0.25) is 5.91 Å². The maximum absolute atomic E-state index is 12.3. The third-order valence-electron chi connectivity index (χ3n) is 3.77. The fourth-order valence-electron chi connectivity index (χ4n) is 2.50. The van der Waals surface area contributed by atoms with E-state index in [1.54, 1.807) is 4.90 Å². The average molecular weight is 276 g/mol. The van der Waals surface area contributed by atoms with Crippen LogP contribution in [0, 0.1) is 5.92 Å². The van der Waals surface area contributed by atoms with Crippen LogP contribution in [0.15, 0.2) is 30.3 Å². The lowest BCUT2D eigenvalue weighted by atomic mass is 9.96. The zero-order valence-corrected chi connectivity index (χ0v) is 11.6. The summed E-state index contributed by atoms with van der Waals surface area (Å²) in [5.74, 6) is -0.374. The number of ether oxygens (including phenoxy) is 1. The Morgan fingerprint density at radius 1 is 1.25 bits per heavy atom. The van der Waals surface area contributed by atoms with E-state index in [-0.39, 0.29) is 17.8 Å². The minimum atomic E-state index is -0.633. The summed E-state index contributed by atoms with van der Waals surface area (Å²) in [5, 5.41) is 0. The van der Waals surface area contributed by atoms with Gasteiger partial charge in [-0.3, -0.25) is 9.59 Å². The molecule has 2 N–H and O–H groups in total. The number of piperidine rings is 1. The highest BCUT2D eigenvalue weighted by Gasteiger charge is 2.30. The fourth-order valence-corrected chi connectivity index (χ4v) is 2.50. The second-order valence-corrected chi connectivity index (χ2v) is 5.01. The first kappa shape index (κ1) is 14.5. The lowest BCUT2D eigenvalue weighted by molar-refractivity contribution is -0.149. The van der Waals surface area contributed by atoms with Crippen LogP contribution < -0.4 is 5.73 Å². The van der Waals surface area contributed by atoms with Crippen LogP contribution in [0.3, 0.4) is 0 Å². The molecule has 0 spiro atoms. The van der Waals surface area contributed by atoms with Gasteiger partial charge < -0.3 is 15.4 Å². The third-order valence-corrected chi connectivity index (χ3v) is 3.77. The van der Waals surface area contributed by atoms with Crippen LogP contribution in [0.25, 0.3) is 0 Å². The van der Waals surface area contributed by atoms with Gasteiger partial charge in [-0.25, -0.2) is 0 Å². The van der Waals surface area contributed by atoms with Crippen molar-refractivity contribution in [3.05, 3.63) is 35.9 Å². The molecule has 5 nitrogen and oxygen atoms in total. The van der Waals surface area contributed by atoms with Gasteiger partial charge in [-0.15, -0.1) is 0 Å². The Morgan fingerprint density at radius 3 is 2.40 bits per heavy atom. The van der Waals surface area contributed by atoms with E-state index in [2.05, 4.69) is 0 Å². The Morgan fingerprint density at radius 2 is 1.85 bits per heavy atom. The van der Waals surface area contributed by atoms with E-state index >= 15 is 0 Å². The van der Waals surface area contributed by atoms with Crippen molar-refractivity contribution in [2.75, 3.05) is 20.2 Å². The predicted octanol–water partition coefficient (Wildman–Crippen LogP) is 1.10. The molecule has 1 heterocycles. The van der Waals surface area contributed by atoms with E-state index in [1.165, 1.54) is 7.11 Å². The lowest BCUT2D eigenvalue weighted by Crippen LogP contribution is -2.44. The van der Waals surface area contributed by atoms with Gasteiger partial charge in [0.1, 0.15) is 6.04 Å². The zero-order chi connectivity index (χ0) is 14.5. The van der Waals surface area contributed by atoms with Crippen molar-refractivity contribution in [1.29, 1.82) is 0 Å². The number of hydrogen-bond acceptors (Lipinski definition) is 4. The largest absolute Gasteiger partial charge is 0.469 e. The summed E-state index contributed by atoms with van der Waals surface area (Å²) < 4.78 is 4.74. The van der Waals surface area contributed by atoms with Crippen molar-refractivity contribution >= 4 is 11.9 Å². The lowest BCUT2D eigenvalue weighted by Gasteiger charge is -2.32. The highest BCUT2D eigenvalue weighted by molar-refractivity contribution is 5.83. The van der Waals surface area contributed by atoms with E-state index in [9.17, 15) is 9.59 Å². The summed E-state index contributed by atoms with van der Waals surface area (Å²) >= 11 is 0. The number of amides is 1. The number of likely N-dealkylation sites (tertiary alicyclic amines) is 1. The molecule has 1 aliphatic rings. The molecular formula is C15H20N2O3. The zero-order valence-electron chi connectivity index (χ0n) is 11.6. The molecule has 0 radical (unpaired) electrons. The van der Waals surface area contributed by atoms with Crippen LogP contribution in [0.2, 0.25) is 0 Å². The smallest absolute Gasteiger partial charge is 0.308 e. The molecule has 1 aliphatic heterocycles. The molecule has 0 aromatic heterocycles. The van der Waals surface area contributed by atoms with Crippen LogP contribution in [0.1, 0.15) is 24.4 Å². The normalized spacial score (nSPS) is 17.6. The van der Waals surface area contributed by atoms with E-state index in [1.807, 2.05) is 30.3 Å². The van der Waals surface area contributed by atoms with Gasteiger partial charge >= 0.3 is 5.97 Å². The Kier molecular flexibility index (Phi) is 4.74. The number of nitrogens with zero attached hydrogens (tertiary/aromatic N) is 1. The molecule has 1 amide bonds. The number of carbonyl (C=O) groups is 2. The maximum Gasteiger partial charge on any atom is 0.308 e. The van der Waals surface area contributed by atoms with Crippen LogP contribution in [-0.2, 0) is 14.3 Å². The minimum absolute atomic E-state index is 0.0838. The standard InChI is InChI=1S/C15H20N2O3/c1-20-15(19)12-7-9-17(10-8-12)14(18)13(16)11-5-3-2-4-6-11/h2-6,12-13H,7-10,16H2,1H3/t13-/m1/s1.